The lowest BCUT2D eigenvalue weighted by Gasteiger charge is -2.25. The molecule has 1 aromatic carbocycles. The third kappa shape index (κ3) is 22.2. The predicted octanol–water partition coefficient (Wildman–Crippen LogP) is 1.02. The number of carbonyl (C=O) groups excluding carboxylic acids is 4. The van der Waals surface area contributed by atoms with Crippen LogP contribution in [0.4, 0.5) is 5.69 Å². The minimum Gasteiger partial charge on any atom is -0.464 e. The van der Waals surface area contributed by atoms with Gasteiger partial charge >= 0.3 is 19.8 Å². The molecule has 0 amide bonds. The molecule has 4 N–H and O–H groups in total. The maximum Gasteiger partial charge on any atom is 0.472 e. The molecule has 22 nitrogen and oxygen atoms in total. The number of aromatic amines is 1. The largest absolute Gasteiger partial charge is 0.472 e. The number of anilines is 1. The number of benzene rings is 1. The van der Waals surface area contributed by atoms with Gasteiger partial charge in [-0.05, 0) is 42.2 Å². The van der Waals surface area contributed by atoms with Crippen LogP contribution >= 0.6 is 7.82 Å². The summed E-state index contributed by atoms with van der Waals surface area (Å²) in [6, 6.07) is 11.0. The molecule has 3 rings (SSSR count). The van der Waals surface area contributed by atoms with Crippen LogP contribution in [0.1, 0.15) is 42.5 Å². The Morgan fingerprint density at radius 1 is 0.852 bits per heavy atom. The lowest BCUT2D eigenvalue weighted by atomic mass is 10.1. The maximum absolute atomic E-state index is 12.3. The second-order valence-electron chi connectivity index (χ2n) is 12.9. The molecule has 3 unspecified atom stereocenters. The molecular formula is C38H52N5O17P. The zero-order valence-electron chi connectivity index (χ0n) is 33.4. The molecule has 0 radical (unpaired) electrons. The Morgan fingerprint density at radius 2 is 1.59 bits per heavy atom. The molecule has 0 spiro atoms. The second-order valence-corrected chi connectivity index (χ2v) is 14.3. The molecule has 2 aromatic heterocycles. The lowest BCUT2D eigenvalue weighted by Crippen LogP contribution is -2.32. The van der Waals surface area contributed by atoms with Crippen molar-refractivity contribution in [2.24, 2.45) is 0 Å². The van der Waals surface area contributed by atoms with Crippen LogP contribution in [0, 0.1) is 0 Å². The van der Waals surface area contributed by atoms with Gasteiger partial charge in [-0.15, -0.1) is 5.10 Å². The average molecular weight is 882 g/mol. The Kier molecular flexibility index (Phi) is 23.8. The second kappa shape index (κ2) is 29.0. The first-order valence-electron chi connectivity index (χ1n) is 19.1. The molecule has 3 aromatic rings. The zero-order valence-corrected chi connectivity index (χ0v) is 34.3. The van der Waals surface area contributed by atoms with Crippen LogP contribution in [0.25, 0.3) is 12.2 Å². The summed E-state index contributed by atoms with van der Waals surface area (Å²) in [5, 5.41) is 26.9. The lowest BCUT2D eigenvalue weighted by molar-refractivity contribution is -0.145. The first kappa shape index (κ1) is 50.0. The summed E-state index contributed by atoms with van der Waals surface area (Å²) in [5.74, 6) is -1.05. The quantitative estimate of drug-likeness (QED) is 0.0214. The summed E-state index contributed by atoms with van der Waals surface area (Å²) in [6.07, 6.45) is 5.42. The van der Waals surface area contributed by atoms with Crippen LogP contribution in [-0.4, -0.2) is 145 Å². The van der Waals surface area contributed by atoms with E-state index in [2.05, 4.69) is 29.7 Å². The number of phosphoric acid groups is 1. The normalized spacial score (nSPS) is 13.2. The summed E-state index contributed by atoms with van der Waals surface area (Å²) >= 11 is 0. The molecule has 2 heterocycles. The van der Waals surface area contributed by atoms with Crippen molar-refractivity contribution in [2.75, 3.05) is 77.5 Å². The van der Waals surface area contributed by atoms with Crippen molar-refractivity contribution in [3.05, 3.63) is 76.0 Å². The van der Waals surface area contributed by atoms with Gasteiger partial charge in [0, 0.05) is 50.5 Å². The van der Waals surface area contributed by atoms with Gasteiger partial charge < -0.3 is 53.4 Å². The van der Waals surface area contributed by atoms with E-state index in [9.17, 15) is 38.5 Å². The Hall–Kier alpha value is -5.32. The van der Waals surface area contributed by atoms with Crippen LogP contribution in [0.15, 0.2) is 53.6 Å². The number of hydrogen-bond acceptors (Lipinski definition) is 19. The molecule has 0 saturated heterocycles. The number of rotatable bonds is 34. The van der Waals surface area contributed by atoms with E-state index in [1.165, 1.54) is 6.07 Å². The van der Waals surface area contributed by atoms with Crippen molar-refractivity contribution < 1.29 is 76.3 Å². The van der Waals surface area contributed by atoms with E-state index < -0.39 is 45.2 Å². The highest BCUT2D eigenvalue weighted by molar-refractivity contribution is 7.47. The van der Waals surface area contributed by atoms with Crippen molar-refractivity contribution in [3.63, 3.8) is 0 Å². The highest BCUT2D eigenvalue weighted by atomic mass is 31.2. The number of pyridine rings is 1. The van der Waals surface area contributed by atoms with E-state index >= 15 is 0 Å². The predicted molar refractivity (Wildman–Crippen MR) is 213 cm³/mol. The number of phosphoric ester groups is 1. The van der Waals surface area contributed by atoms with Gasteiger partial charge in [0.2, 0.25) is 5.56 Å². The number of aliphatic hydroxyl groups excluding tert-OH is 2. The molecule has 0 aliphatic carbocycles. The number of carbonyl (C=O) groups is 4. The number of hydrogen-bond donors (Lipinski definition) is 4. The van der Waals surface area contributed by atoms with Crippen LogP contribution < -0.4 is 10.5 Å². The number of nitrogens with one attached hydrogen (secondary N) is 1. The molecule has 23 heteroatoms. The van der Waals surface area contributed by atoms with Gasteiger partial charge in [-0.2, -0.15) is 0 Å². The van der Waals surface area contributed by atoms with Crippen molar-refractivity contribution >= 4 is 50.5 Å². The number of aliphatic hydroxyl groups is 2. The smallest absolute Gasteiger partial charge is 0.464 e. The molecule has 61 heavy (non-hydrogen) atoms. The SMILES string of the molecule is O=COCC(COP(=O)(O)OCCCC(=O)OCCOCCCC(=O)OCc1cn(CCN(CCOCC(O)CO)c2ccc(/C=C/c3ccc(=O)[nH]c3)cc2)nn1)OC=O. The van der Waals surface area contributed by atoms with E-state index in [0.29, 0.717) is 38.4 Å². The molecule has 336 valence electrons. The standard InChI is InChI=1S/C38H52N5O17P/c44-23-34(47)25-54-18-15-42(33-10-7-30(8-11-33)5-6-31-9-12-36(48)39-21-31)13-14-43-22-32(40-41-43)24-57-38(50)3-1-16-53-19-20-56-37(49)4-2-17-59-61(51,52)60-27-35(58-29-46)26-55-28-45/h5-12,21-22,28-29,34-35,44,47H,1-4,13-20,23-27H2,(H,39,48)(H,51,52)/b6-5+. The Morgan fingerprint density at radius 3 is 2.31 bits per heavy atom. The monoisotopic (exact) mass is 881 g/mol. The number of nitrogens with zero attached hydrogens (tertiary/aromatic N) is 4. The van der Waals surface area contributed by atoms with Crippen LogP contribution in [-0.2, 0) is 74.4 Å². The molecule has 0 bridgehead atoms. The maximum atomic E-state index is 12.3. The highest BCUT2D eigenvalue weighted by Gasteiger charge is 2.24. The Balaban J connectivity index is 1.29. The molecule has 0 aliphatic heterocycles. The fourth-order valence-corrected chi connectivity index (χ4v) is 5.75. The average Bonchev–Trinajstić information content (AvgIpc) is 3.72. The Labute approximate surface area is 350 Å². The minimum atomic E-state index is -4.53. The Bertz CT molecular complexity index is 1860. The summed E-state index contributed by atoms with van der Waals surface area (Å²) in [6.45, 7) is 0.425. The number of esters is 2. The van der Waals surface area contributed by atoms with Crippen LogP contribution in [0.3, 0.4) is 0 Å². The van der Waals surface area contributed by atoms with Gasteiger partial charge in [-0.1, -0.05) is 29.5 Å². The van der Waals surface area contributed by atoms with E-state index in [-0.39, 0.29) is 84.0 Å². The summed E-state index contributed by atoms with van der Waals surface area (Å²) in [4.78, 5) is 70.6. The van der Waals surface area contributed by atoms with E-state index in [1.54, 1.807) is 23.1 Å². The first-order valence-corrected chi connectivity index (χ1v) is 20.6. The molecule has 3 atom stereocenters. The van der Waals surface area contributed by atoms with Crippen molar-refractivity contribution in [2.45, 2.75) is 51.0 Å². The van der Waals surface area contributed by atoms with Crippen molar-refractivity contribution in [1.82, 2.24) is 20.0 Å². The minimum absolute atomic E-state index is 0.00167. The van der Waals surface area contributed by atoms with Gasteiger partial charge in [-0.3, -0.25) is 37.7 Å². The van der Waals surface area contributed by atoms with Crippen LogP contribution in [0.5, 0.6) is 0 Å². The van der Waals surface area contributed by atoms with Gasteiger partial charge in [-0.25, -0.2) is 4.57 Å². The molecular weight excluding hydrogens is 829 g/mol. The molecule has 0 aliphatic rings. The molecule has 0 saturated carbocycles. The molecule has 0 fully saturated rings. The fraction of sp³-hybridized carbons (Fsp3) is 0.500. The van der Waals surface area contributed by atoms with E-state index in [4.69, 9.17) is 33.1 Å². The summed E-state index contributed by atoms with van der Waals surface area (Å²) in [5.41, 5.74) is 3.01. The third-order valence-electron chi connectivity index (χ3n) is 8.09. The topological polar surface area (TPSA) is 287 Å². The van der Waals surface area contributed by atoms with E-state index in [0.717, 1.165) is 16.8 Å². The van der Waals surface area contributed by atoms with Gasteiger partial charge in [0.15, 0.2) is 6.10 Å². The van der Waals surface area contributed by atoms with E-state index in [1.807, 2.05) is 36.4 Å². The summed E-state index contributed by atoms with van der Waals surface area (Å²) in [7, 11) is -4.53. The first-order chi connectivity index (χ1) is 29.5. The fourth-order valence-electron chi connectivity index (χ4n) is 4.97. The van der Waals surface area contributed by atoms with Gasteiger partial charge in [0.05, 0.1) is 52.4 Å². The van der Waals surface area contributed by atoms with Gasteiger partial charge in [0.1, 0.15) is 31.6 Å². The number of H-pyrrole nitrogens is 1. The van der Waals surface area contributed by atoms with Crippen molar-refractivity contribution in [3.8, 4) is 0 Å². The summed E-state index contributed by atoms with van der Waals surface area (Å²) < 4.78 is 53.3. The van der Waals surface area contributed by atoms with Gasteiger partial charge in [0.25, 0.3) is 12.9 Å². The number of aromatic nitrogens is 4. The van der Waals surface area contributed by atoms with Crippen LogP contribution in [0.2, 0.25) is 0 Å². The number of ether oxygens (including phenoxy) is 6. The van der Waals surface area contributed by atoms with Crippen molar-refractivity contribution in [1.29, 1.82) is 0 Å². The zero-order chi connectivity index (χ0) is 44.1. The third-order valence-corrected chi connectivity index (χ3v) is 9.07. The highest BCUT2D eigenvalue weighted by Crippen LogP contribution is 2.43.